The lowest BCUT2D eigenvalue weighted by Gasteiger charge is -2.19. The molecule has 4 aromatic carbocycles. The summed E-state index contributed by atoms with van der Waals surface area (Å²) < 4.78 is 54.2. The number of hydrogen-bond donors (Lipinski definition) is 4. The number of anilines is 4. The topological polar surface area (TPSA) is 123 Å². The van der Waals surface area contributed by atoms with Gasteiger partial charge in [0, 0.05) is 32.5 Å². The Labute approximate surface area is 290 Å². The van der Waals surface area contributed by atoms with Gasteiger partial charge in [0.2, 0.25) is 11.8 Å². The van der Waals surface area contributed by atoms with Gasteiger partial charge in [-0.1, -0.05) is 47.8 Å². The minimum Gasteiger partial charge on any atom is -0.444 e. The summed E-state index contributed by atoms with van der Waals surface area (Å²) in [5, 5.41) is 8.06. The maximum Gasteiger partial charge on any atom is 0.412 e. The first-order chi connectivity index (χ1) is 23.1. The molecule has 0 aliphatic carbocycles. The van der Waals surface area contributed by atoms with Crippen LogP contribution in [0.5, 0.6) is 0 Å². The summed E-state index contributed by atoms with van der Waals surface area (Å²) in [6.07, 6.45) is -0.180. The SMILES string of the molecule is CC(C)(C)OC(=O)Nc1ccc(CC(=O)Nc2ccc(SC(F)F)cc2)cc1.Nc1ccc(CC(=O)Nc2ccc(SC(F)F)cc2)cc1. The van der Waals surface area contributed by atoms with E-state index in [4.69, 9.17) is 10.5 Å². The number of alkyl halides is 4. The van der Waals surface area contributed by atoms with Crippen LogP contribution in [0.3, 0.4) is 0 Å². The number of thioether (sulfide) groups is 2. The number of nitrogens with two attached hydrogens (primary N) is 1. The lowest BCUT2D eigenvalue weighted by atomic mass is 10.1. The predicted molar refractivity (Wildman–Crippen MR) is 188 cm³/mol. The second kappa shape index (κ2) is 18.7. The van der Waals surface area contributed by atoms with Gasteiger partial charge < -0.3 is 21.1 Å². The summed E-state index contributed by atoms with van der Waals surface area (Å²) in [4.78, 5) is 36.6. The Morgan fingerprint density at radius 1 is 0.612 bits per heavy atom. The minimum absolute atomic E-state index is 0.139. The molecule has 0 bridgehead atoms. The fourth-order valence-electron chi connectivity index (χ4n) is 3.98. The van der Waals surface area contributed by atoms with Crippen LogP contribution < -0.4 is 21.7 Å². The van der Waals surface area contributed by atoms with Crippen molar-refractivity contribution in [2.75, 3.05) is 21.7 Å². The average Bonchev–Trinajstić information content (AvgIpc) is 3.00. The van der Waals surface area contributed by atoms with Gasteiger partial charge in [-0.3, -0.25) is 14.9 Å². The Kier molecular flexibility index (Phi) is 14.8. The standard InChI is InChI=1S/C20H22F2N2O3S.C15H14F2N2OS/c1-20(2,3)27-19(26)24-15-6-4-13(5-7-15)12-17(25)23-14-8-10-16(11-9-14)28-18(21)22;16-15(17)21-13-7-5-12(6-8-13)19-14(20)9-10-1-3-11(18)4-2-10/h4-11,18H,12H2,1-3H3,(H,23,25)(H,24,26);1-8,15H,9,18H2,(H,19,20). The van der Waals surface area contributed by atoms with E-state index in [0.29, 0.717) is 56.1 Å². The van der Waals surface area contributed by atoms with E-state index in [1.54, 1.807) is 106 Å². The second-order valence-electron chi connectivity index (χ2n) is 11.3. The fraction of sp³-hybridized carbons (Fsp3) is 0.229. The molecule has 0 atom stereocenters. The molecule has 0 aliphatic heterocycles. The first-order valence-electron chi connectivity index (χ1n) is 14.8. The van der Waals surface area contributed by atoms with Crippen molar-refractivity contribution in [3.05, 3.63) is 108 Å². The van der Waals surface area contributed by atoms with Gasteiger partial charge in [0.1, 0.15) is 5.60 Å². The molecule has 0 saturated heterocycles. The lowest BCUT2D eigenvalue weighted by Crippen LogP contribution is -2.27. The van der Waals surface area contributed by atoms with E-state index in [1.807, 2.05) is 0 Å². The predicted octanol–water partition coefficient (Wildman–Crippen LogP) is 9.29. The van der Waals surface area contributed by atoms with Gasteiger partial charge in [0.05, 0.1) is 12.8 Å². The second-order valence-corrected chi connectivity index (χ2v) is 13.4. The number of ether oxygens (including phenoxy) is 1. The van der Waals surface area contributed by atoms with Gasteiger partial charge in [-0.05, 0) is 105 Å². The van der Waals surface area contributed by atoms with E-state index in [1.165, 1.54) is 12.1 Å². The zero-order valence-electron chi connectivity index (χ0n) is 26.8. The van der Waals surface area contributed by atoms with Gasteiger partial charge >= 0.3 is 6.09 Å². The lowest BCUT2D eigenvalue weighted by molar-refractivity contribution is -0.116. The molecule has 260 valence electrons. The van der Waals surface area contributed by atoms with Crippen molar-refractivity contribution in [1.29, 1.82) is 0 Å². The van der Waals surface area contributed by atoms with Crippen molar-refractivity contribution in [2.24, 2.45) is 0 Å². The monoisotopic (exact) mass is 716 g/mol. The van der Waals surface area contributed by atoms with Gasteiger partial charge in [-0.15, -0.1) is 0 Å². The maximum absolute atomic E-state index is 12.3. The van der Waals surface area contributed by atoms with Crippen LogP contribution in [0.15, 0.2) is 107 Å². The molecule has 4 aromatic rings. The Morgan fingerprint density at radius 3 is 1.33 bits per heavy atom. The maximum atomic E-state index is 12.3. The summed E-state index contributed by atoms with van der Waals surface area (Å²) in [6.45, 7) is 5.33. The molecule has 3 amide bonds. The van der Waals surface area contributed by atoms with E-state index < -0.39 is 23.2 Å². The number of benzene rings is 4. The van der Waals surface area contributed by atoms with Crippen molar-refractivity contribution in [2.45, 2.75) is 60.5 Å². The summed E-state index contributed by atoms with van der Waals surface area (Å²) in [5.74, 6) is -5.33. The highest BCUT2D eigenvalue weighted by Crippen LogP contribution is 2.27. The molecule has 0 spiro atoms. The van der Waals surface area contributed by atoms with E-state index in [-0.39, 0.29) is 24.7 Å². The molecule has 5 N–H and O–H groups in total. The van der Waals surface area contributed by atoms with Crippen LogP contribution in [0.25, 0.3) is 0 Å². The number of hydrogen-bond acceptors (Lipinski definition) is 7. The van der Waals surface area contributed by atoms with Crippen molar-refractivity contribution in [3.63, 3.8) is 0 Å². The van der Waals surface area contributed by atoms with Crippen molar-refractivity contribution in [1.82, 2.24) is 0 Å². The van der Waals surface area contributed by atoms with Gasteiger partial charge in [0.15, 0.2) is 0 Å². The Morgan fingerprint density at radius 2 is 0.959 bits per heavy atom. The molecule has 0 aliphatic rings. The Bertz CT molecular complexity index is 1650. The van der Waals surface area contributed by atoms with E-state index in [2.05, 4.69) is 16.0 Å². The van der Waals surface area contributed by atoms with E-state index in [9.17, 15) is 31.9 Å². The average molecular weight is 717 g/mol. The molecule has 8 nitrogen and oxygen atoms in total. The highest BCUT2D eigenvalue weighted by atomic mass is 32.2. The van der Waals surface area contributed by atoms with Gasteiger partial charge in [-0.25, -0.2) is 4.79 Å². The molecule has 49 heavy (non-hydrogen) atoms. The van der Waals surface area contributed by atoms with Gasteiger partial charge in [0.25, 0.3) is 11.5 Å². The quantitative estimate of drug-likeness (QED) is 0.0693. The number of carbonyl (C=O) groups is 3. The first-order valence-corrected chi connectivity index (χ1v) is 16.5. The van der Waals surface area contributed by atoms with Crippen LogP contribution in [-0.4, -0.2) is 35.0 Å². The Hall–Kier alpha value is -4.69. The number of halogens is 4. The molecular formula is C35H36F4N4O4S2. The van der Waals surface area contributed by atoms with Crippen molar-refractivity contribution in [3.8, 4) is 0 Å². The molecule has 0 fully saturated rings. The third-order valence-electron chi connectivity index (χ3n) is 6.03. The van der Waals surface area contributed by atoms with Crippen molar-refractivity contribution >= 4 is 64.2 Å². The minimum atomic E-state index is -2.48. The summed E-state index contributed by atoms with van der Waals surface area (Å²) in [7, 11) is 0. The van der Waals surface area contributed by atoms with Crippen LogP contribution in [0.2, 0.25) is 0 Å². The number of nitrogens with one attached hydrogen (secondary N) is 3. The summed E-state index contributed by atoms with van der Waals surface area (Å²) in [6, 6.07) is 26.4. The van der Waals surface area contributed by atoms with Crippen LogP contribution in [0.1, 0.15) is 31.9 Å². The number of amides is 3. The molecule has 4 rings (SSSR count). The number of carbonyl (C=O) groups excluding carboxylic acids is 3. The van der Waals surface area contributed by atoms with Crippen LogP contribution >= 0.6 is 23.5 Å². The van der Waals surface area contributed by atoms with Gasteiger partial charge in [-0.2, -0.15) is 17.6 Å². The molecule has 0 radical (unpaired) electrons. The molecule has 0 unspecified atom stereocenters. The third kappa shape index (κ3) is 15.8. The third-order valence-corrected chi connectivity index (χ3v) is 7.48. The molecule has 14 heteroatoms. The molecule has 0 heterocycles. The zero-order valence-corrected chi connectivity index (χ0v) is 28.5. The zero-order chi connectivity index (χ0) is 36.0. The van der Waals surface area contributed by atoms with Crippen LogP contribution in [-0.2, 0) is 27.2 Å². The molecular weight excluding hydrogens is 681 g/mol. The first kappa shape index (κ1) is 38.8. The molecule has 0 saturated carbocycles. The highest BCUT2D eigenvalue weighted by molar-refractivity contribution is 7.99. The highest BCUT2D eigenvalue weighted by Gasteiger charge is 2.16. The smallest absolute Gasteiger partial charge is 0.412 e. The largest absolute Gasteiger partial charge is 0.444 e. The van der Waals surface area contributed by atoms with E-state index >= 15 is 0 Å². The number of rotatable bonds is 11. The number of nitrogen functional groups attached to an aromatic ring is 1. The Balaban J connectivity index is 0.000000276. The summed E-state index contributed by atoms with van der Waals surface area (Å²) in [5.41, 5.74) is 8.92. The van der Waals surface area contributed by atoms with Crippen molar-refractivity contribution < 1.29 is 36.7 Å². The fourth-order valence-corrected chi connectivity index (χ4v) is 4.98. The van der Waals surface area contributed by atoms with Crippen LogP contribution in [0.4, 0.5) is 45.1 Å². The molecule has 0 aromatic heterocycles. The normalized spacial score (nSPS) is 11.0. The van der Waals surface area contributed by atoms with Crippen LogP contribution in [0, 0.1) is 0 Å². The van der Waals surface area contributed by atoms with E-state index in [0.717, 1.165) is 11.1 Å². The summed E-state index contributed by atoms with van der Waals surface area (Å²) >= 11 is 0.924.